The lowest BCUT2D eigenvalue weighted by Gasteiger charge is -2.07. The molecule has 0 spiro atoms. The highest BCUT2D eigenvalue weighted by molar-refractivity contribution is 6.18. The Balaban J connectivity index is 1.77. The highest BCUT2D eigenvalue weighted by atomic mass is 16.3. The second kappa shape index (κ2) is 7.16. The first kappa shape index (κ1) is 17.7. The fraction of sp³-hybridized carbons (Fsp3) is 0.0833. The van der Waals surface area contributed by atoms with Crippen molar-refractivity contribution in [3.05, 3.63) is 101 Å². The smallest absolute Gasteiger partial charge is 0.255 e. The van der Waals surface area contributed by atoms with Gasteiger partial charge in [-0.15, -0.1) is 0 Å². The molecule has 0 atom stereocenters. The highest BCUT2D eigenvalue weighted by Gasteiger charge is 2.23. The van der Waals surface area contributed by atoms with Gasteiger partial charge in [-0.2, -0.15) is 0 Å². The summed E-state index contributed by atoms with van der Waals surface area (Å²) in [5.74, 6) is -0.426. The Labute approximate surface area is 162 Å². The van der Waals surface area contributed by atoms with Gasteiger partial charge in [0.05, 0.1) is 5.69 Å². The average molecular weight is 369 g/mol. The number of anilines is 1. The number of benzene rings is 3. The van der Waals surface area contributed by atoms with Crippen LogP contribution in [0, 0.1) is 13.8 Å². The van der Waals surface area contributed by atoms with Crippen LogP contribution in [0.5, 0.6) is 0 Å². The van der Waals surface area contributed by atoms with Gasteiger partial charge in [-0.25, -0.2) is 0 Å². The molecule has 4 aromatic rings. The van der Waals surface area contributed by atoms with Crippen molar-refractivity contribution in [2.24, 2.45) is 0 Å². The molecule has 4 heteroatoms. The Kier molecular flexibility index (Phi) is 4.53. The molecule has 138 valence electrons. The normalized spacial score (nSPS) is 10.8. The van der Waals surface area contributed by atoms with Crippen molar-refractivity contribution in [1.82, 2.24) is 0 Å². The van der Waals surface area contributed by atoms with Crippen LogP contribution in [0.2, 0.25) is 0 Å². The third-order valence-electron chi connectivity index (χ3n) is 4.67. The minimum Gasteiger partial charge on any atom is -0.450 e. The molecule has 3 aromatic carbocycles. The van der Waals surface area contributed by atoms with Gasteiger partial charge in [-0.05, 0) is 38.1 Å². The summed E-state index contributed by atoms with van der Waals surface area (Å²) in [5.41, 5.74) is 4.11. The van der Waals surface area contributed by atoms with Gasteiger partial charge >= 0.3 is 0 Å². The maximum atomic E-state index is 13.1. The Hall–Kier alpha value is -3.66. The number of fused-ring (bicyclic) bond motifs is 1. The summed E-state index contributed by atoms with van der Waals surface area (Å²) < 4.78 is 5.84. The molecule has 0 aliphatic carbocycles. The van der Waals surface area contributed by atoms with Crippen molar-refractivity contribution in [2.75, 3.05) is 5.32 Å². The van der Waals surface area contributed by atoms with Crippen molar-refractivity contribution < 1.29 is 14.0 Å². The van der Waals surface area contributed by atoms with Crippen LogP contribution >= 0.6 is 0 Å². The predicted octanol–water partition coefficient (Wildman–Crippen LogP) is 5.53. The first-order valence-electron chi connectivity index (χ1n) is 9.04. The van der Waals surface area contributed by atoms with E-state index in [1.165, 1.54) is 0 Å². The van der Waals surface area contributed by atoms with E-state index in [9.17, 15) is 9.59 Å². The number of furan rings is 1. The van der Waals surface area contributed by atoms with Crippen LogP contribution in [0.1, 0.15) is 37.6 Å². The molecule has 0 unspecified atom stereocenters. The van der Waals surface area contributed by atoms with Gasteiger partial charge < -0.3 is 9.73 Å². The maximum absolute atomic E-state index is 13.1. The van der Waals surface area contributed by atoms with Gasteiger partial charge in [-0.1, -0.05) is 59.7 Å². The van der Waals surface area contributed by atoms with E-state index < -0.39 is 0 Å². The molecule has 4 rings (SSSR count). The third kappa shape index (κ3) is 3.32. The van der Waals surface area contributed by atoms with Crippen LogP contribution < -0.4 is 5.32 Å². The Morgan fingerprint density at radius 1 is 0.750 bits per heavy atom. The van der Waals surface area contributed by atoms with Crippen LogP contribution in [0.4, 0.5) is 5.69 Å². The zero-order chi connectivity index (χ0) is 19.7. The molecule has 0 radical (unpaired) electrons. The molecular weight excluding hydrogens is 350 g/mol. The molecule has 1 aromatic heterocycles. The van der Waals surface area contributed by atoms with Crippen LogP contribution in [0.3, 0.4) is 0 Å². The Morgan fingerprint density at radius 3 is 1.96 bits per heavy atom. The number of rotatable bonds is 4. The number of hydrogen-bond donors (Lipinski definition) is 1. The summed E-state index contributed by atoms with van der Waals surface area (Å²) in [7, 11) is 0. The number of amides is 1. The SMILES string of the molecule is Cc1ccc(C(=O)Nc2c(C(=O)c3ccc(C)cc3)oc3ccccc23)cc1. The summed E-state index contributed by atoms with van der Waals surface area (Å²) in [4.78, 5) is 25.8. The molecule has 4 nitrogen and oxygen atoms in total. The Morgan fingerprint density at radius 2 is 1.32 bits per heavy atom. The second-order valence-electron chi connectivity index (χ2n) is 6.82. The van der Waals surface area contributed by atoms with Gasteiger partial charge in [0.25, 0.3) is 5.91 Å². The minimum absolute atomic E-state index is 0.130. The van der Waals surface area contributed by atoms with Crippen LogP contribution in [-0.2, 0) is 0 Å². The first-order chi connectivity index (χ1) is 13.5. The highest BCUT2D eigenvalue weighted by Crippen LogP contribution is 2.33. The van der Waals surface area contributed by atoms with Crippen LogP contribution in [0.15, 0.2) is 77.2 Å². The van der Waals surface area contributed by atoms with Crippen LogP contribution in [0.25, 0.3) is 11.0 Å². The van der Waals surface area contributed by atoms with Gasteiger partial charge in [0.15, 0.2) is 5.76 Å². The summed E-state index contributed by atoms with van der Waals surface area (Å²) in [5, 5.41) is 3.57. The number of carbonyl (C=O) groups excluding carboxylic acids is 2. The van der Waals surface area contributed by atoms with Crippen molar-refractivity contribution in [1.29, 1.82) is 0 Å². The first-order valence-corrected chi connectivity index (χ1v) is 9.04. The lowest BCUT2D eigenvalue weighted by atomic mass is 10.1. The van der Waals surface area contributed by atoms with Crippen molar-refractivity contribution in [3.8, 4) is 0 Å². The zero-order valence-corrected chi connectivity index (χ0v) is 15.7. The van der Waals surface area contributed by atoms with E-state index in [2.05, 4.69) is 5.32 Å². The standard InChI is InChI=1S/C24H19NO3/c1-15-7-11-17(12-8-15)22(26)23-21(19-5-3-4-6-20(19)28-23)25-24(27)18-13-9-16(2)10-14-18/h3-14H,1-2H3,(H,25,27). The second-order valence-corrected chi connectivity index (χ2v) is 6.82. The largest absolute Gasteiger partial charge is 0.450 e. The van der Waals surface area contributed by atoms with Gasteiger partial charge in [0.2, 0.25) is 5.78 Å². The topological polar surface area (TPSA) is 59.3 Å². The Bertz CT molecular complexity index is 1170. The molecule has 0 saturated carbocycles. The lowest BCUT2D eigenvalue weighted by molar-refractivity contribution is 0.101. The van der Waals surface area contributed by atoms with Gasteiger partial charge in [0, 0.05) is 16.5 Å². The molecule has 0 bridgehead atoms. The number of para-hydroxylation sites is 1. The van der Waals surface area contributed by atoms with E-state index in [4.69, 9.17) is 4.42 Å². The molecule has 1 N–H and O–H groups in total. The van der Waals surface area contributed by atoms with Gasteiger partial charge in [-0.3, -0.25) is 9.59 Å². The number of hydrogen-bond acceptors (Lipinski definition) is 3. The molecular formula is C24H19NO3. The maximum Gasteiger partial charge on any atom is 0.255 e. The van der Waals surface area contributed by atoms with E-state index in [0.717, 1.165) is 11.1 Å². The van der Waals surface area contributed by atoms with E-state index >= 15 is 0 Å². The van der Waals surface area contributed by atoms with E-state index in [0.29, 0.717) is 27.8 Å². The summed E-state index contributed by atoms with van der Waals surface area (Å²) >= 11 is 0. The fourth-order valence-electron chi connectivity index (χ4n) is 3.06. The number of aryl methyl sites for hydroxylation is 2. The summed E-state index contributed by atoms with van der Waals surface area (Å²) in [6.07, 6.45) is 0. The van der Waals surface area contributed by atoms with Crippen molar-refractivity contribution in [2.45, 2.75) is 13.8 Å². The fourth-order valence-corrected chi connectivity index (χ4v) is 3.06. The molecule has 1 amide bonds. The van der Waals surface area contributed by atoms with Crippen molar-refractivity contribution >= 4 is 28.3 Å². The quantitative estimate of drug-likeness (QED) is 0.481. The molecule has 0 saturated heterocycles. The zero-order valence-electron chi connectivity index (χ0n) is 15.7. The molecule has 28 heavy (non-hydrogen) atoms. The van der Waals surface area contributed by atoms with E-state index in [-0.39, 0.29) is 17.5 Å². The third-order valence-corrected chi connectivity index (χ3v) is 4.67. The number of ketones is 1. The lowest BCUT2D eigenvalue weighted by Crippen LogP contribution is -2.14. The number of carbonyl (C=O) groups is 2. The molecule has 0 aliphatic rings. The average Bonchev–Trinajstić information content (AvgIpc) is 3.07. The molecule has 1 heterocycles. The number of nitrogens with one attached hydrogen (secondary N) is 1. The predicted molar refractivity (Wildman–Crippen MR) is 110 cm³/mol. The summed E-state index contributed by atoms with van der Waals surface area (Å²) in [6, 6.07) is 21.8. The summed E-state index contributed by atoms with van der Waals surface area (Å²) in [6.45, 7) is 3.92. The van der Waals surface area contributed by atoms with E-state index in [1.54, 1.807) is 30.3 Å². The van der Waals surface area contributed by atoms with Gasteiger partial charge in [0.1, 0.15) is 5.58 Å². The molecule has 0 fully saturated rings. The van der Waals surface area contributed by atoms with E-state index in [1.807, 2.05) is 56.3 Å². The minimum atomic E-state index is -0.287. The van der Waals surface area contributed by atoms with Crippen LogP contribution in [-0.4, -0.2) is 11.7 Å². The molecule has 0 aliphatic heterocycles. The van der Waals surface area contributed by atoms with Crippen molar-refractivity contribution in [3.63, 3.8) is 0 Å². The monoisotopic (exact) mass is 369 g/mol.